The minimum absolute atomic E-state index is 0.0747. The normalized spacial score (nSPS) is 22.9. The molecular formula is C19H29NO3. The Morgan fingerprint density at radius 1 is 1.35 bits per heavy atom. The van der Waals surface area contributed by atoms with Crippen LogP contribution in [0.2, 0.25) is 0 Å². The van der Waals surface area contributed by atoms with E-state index in [1.807, 2.05) is 24.3 Å². The second-order valence-electron chi connectivity index (χ2n) is 6.64. The van der Waals surface area contributed by atoms with Crippen LogP contribution in [0, 0.1) is 5.92 Å². The zero-order valence-electron chi connectivity index (χ0n) is 14.3. The smallest absolute Gasteiger partial charge is 0.220 e. The van der Waals surface area contributed by atoms with Crippen molar-refractivity contribution in [3.05, 3.63) is 29.8 Å². The lowest BCUT2D eigenvalue weighted by Crippen LogP contribution is -2.41. The summed E-state index contributed by atoms with van der Waals surface area (Å²) < 4.78 is 5.25. The largest absolute Gasteiger partial charge is 0.497 e. The quantitative estimate of drug-likeness (QED) is 0.791. The van der Waals surface area contributed by atoms with Crippen LogP contribution in [0.15, 0.2) is 24.3 Å². The molecule has 3 unspecified atom stereocenters. The lowest BCUT2D eigenvalue weighted by atomic mass is 9.94. The van der Waals surface area contributed by atoms with Gasteiger partial charge in [0.05, 0.1) is 7.11 Å². The molecule has 1 amide bonds. The Kier molecular flexibility index (Phi) is 6.90. The van der Waals surface area contributed by atoms with E-state index in [2.05, 4.69) is 12.2 Å². The Morgan fingerprint density at radius 3 is 2.87 bits per heavy atom. The predicted octanol–water partition coefficient (Wildman–Crippen LogP) is 3.25. The van der Waals surface area contributed by atoms with Gasteiger partial charge in [-0.2, -0.15) is 0 Å². The molecule has 2 rings (SSSR count). The summed E-state index contributed by atoms with van der Waals surface area (Å²) in [4.78, 5) is 12.4. The van der Waals surface area contributed by atoms with Gasteiger partial charge in [0, 0.05) is 25.0 Å². The molecule has 0 bridgehead atoms. The van der Waals surface area contributed by atoms with Crippen LogP contribution < -0.4 is 10.1 Å². The number of aliphatic hydroxyl groups is 1. The molecule has 4 heteroatoms. The average molecular weight is 319 g/mol. The highest BCUT2D eigenvalue weighted by Crippen LogP contribution is 2.25. The summed E-state index contributed by atoms with van der Waals surface area (Å²) in [5, 5.41) is 12.7. The molecule has 0 saturated heterocycles. The Labute approximate surface area is 139 Å². The number of hydrogen-bond donors (Lipinski definition) is 2. The highest BCUT2D eigenvalue weighted by atomic mass is 16.5. The second-order valence-corrected chi connectivity index (χ2v) is 6.64. The van der Waals surface area contributed by atoms with Crippen LogP contribution in [-0.2, 0) is 4.79 Å². The van der Waals surface area contributed by atoms with Crippen molar-refractivity contribution in [2.24, 2.45) is 5.92 Å². The van der Waals surface area contributed by atoms with Gasteiger partial charge in [0.25, 0.3) is 0 Å². The van der Waals surface area contributed by atoms with Gasteiger partial charge in [0.2, 0.25) is 5.91 Å². The summed E-state index contributed by atoms with van der Waals surface area (Å²) in [6.45, 7) is 2.22. The zero-order chi connectivity index (χ0) is 16.7. The van der Waals surface area contributed by atoms with Crippen molar-refractivity contribution in [1.29, 1.82) is 0 Å². The highest BCUT2D eigenvalue weighted by Gasteiger charge is 2.25. The molecule has 4 nitrogen and oxygen atoms in total. The number of amides is 1. The number of ether oxygens (including phenoxy) is 1. The van der Waals surface area contributed by atoms with Gasteiger partial charge in [0.15, 0.2) is 0 Å². The molecule has 128 valence electrons. The summed E-state index contributed by atoms with van der Waals surface area (Å²) >= 11 is 0. The minimum Gasteiger partial charge on any atom is -0.497 e. The third-order valence-electron chi connectivity index (χ3n) is 4.89. The Morgan fingerprint density at radius 2 is 2.13 bits per heavy atom. The van der Waals surface area contributed by atoms with Gasteiger partial charge < -0.3 is 15.2 Å². The number of methoxy groups -OCH3 is 1. The number of benzene rings is 1. The van der Waals surface area contributed by atoms with E-state index in [0.717, 1.165) is 37.0 Å². The number of aliphatic hydroxyl groups excluding tert-OH is 1. The van der Waals surface area contributed by atoms with Crippen LogP contribution in [0.25, 0.3) is 0 Å². The van der Waals surface area contributed by atoms with Crippen LogP contribution >= 0.6 is 0 Å². The van der Waals surface area contributed by atoms with Crippen LogP contribution in [-0.4, -0.2) is 30.8 Å². The molecule has 0 spiro atoms. The van der Waals surface area contributed by atoms with E-state index in [-0.39, 0.29) is 30.4 Å². The molecule has 1 aromatic carbocycles. The van der Waals surface area contributed by atoms with E-state index < -0.39 is 0 Å². The number of nitrogens with one attached hydrogen (secondary N) is 1. The Bertz CT molecular complexity index is 503. The van der Waals surface area contributed by atoms with Crippen molar-refractivity contribution in [3.63, 3.8) is 0 Å². The Hall–Kier alpha value is -1.55. The molecule has 1 aliphatic rings. The zero-order valence-corrected chi connectivity index (χ0v) is 14.3. The fourth-order valence-electron chi connectivity index (χ4n) is 3.40. The molecule has 1 aliphatic carbocycles. The average Bonchev–Trinajstić information content (AvgIpc) is 2.79. The molecule has 3 atom stereocenters. The Balaban J connectivity index is 1.92. The third-order valence-corrected chi connectivity index (χ3v) is 4.89. The number of rotatable bonds is 6. The minimum atomic E-state index is 0.0747. The van der Waals surface area contributed by atoms with Crippen molar-refractivity contribution in [2.45, 2.75) is 57.4 Å². The molecule has 2 N–H and O–H groups in total. The van der Waals surface area contributed by atoms with Gasteiger partial charge in [-0.25, -0.2) is 0 Å². The lowest BCUT2D eigenvalue weighted by Gasteiger charge is -2.25. The van der Waals surface area contributed by atoms with Crippen LogP contribution in [0.4, 0.5) is 0 Å². The number of carbonyl (C=O) groups excluding carboxylic acids is 1. The molecule has 23 heavy (non-hydrogen) atoms. The maximum atomic E-state index is 12.4. The monoisotopic (exact) mass is 319 g/mol. The third kappa shape index (κ3) is 5.24. The molecule has 0 aromatic heterocycles. The van der Waals surface area contributed by atoms with Crippen molar-refractivity contribution in [2.75, 3.05) is 13.7 Å². The van der Waals surface area contributed by atoms with Gasteiger partial charge in [0.1, 0.15) is 5.75 Å². The molecule has 1 saturated carbocycles. The van der Waals surface area contributed by atoms with Crippen molar-refractivity contribution >= 4 is 5.91 Å². The van der Waals surface area contributed by atoms with E-state index in [4.69, 9.17) is 4.74 Å². The fraction of sp³-hybridized carbons (Fsp3) is 0.632. The summed E-state index contributed by atoms with van der Waals surface area (Å²) in [6.07, 6.45) is 5.92. The van der Waals surface area contributed by atoms with Crippen molar-refractivity contribution < 1.29 is 14.6 Å². The maximum absolute atomic E-state index is 12.4. The lowest BCUT2D eigenvalue weighted by molar-refractivity contribution is -0.122. The molecule has 0 radical (unpaired) electrons. The first-order valence-corrected chi connectivity index (χ1v) is 8.68. The summed E-state index contributed by atoms with van der Waals surface area (Å²) in [7, 11) is 1.65. The molecule has 0 heterocycles. The van der Waals surface area contributed by atoms with Crippen molar-refractivity contribution in [3.8, 4) is 5.75 Å². The second kappa shape index (κ2) is 8.92. The van der Waals surface area contributed by atoms with Gasteiger partial charge in [-0.1, -0.05) is 38.3 Å². The number of hydrogen-bond acceptors (Lipinski definition) is 3. The summed E-state index contributed by atoms with van der Waals surface area (Å²) in [6, 6.07) is 8.00. The van der Waals surface area contributed by atoms with E-state index in [9.17, 15) is 9.90 Å². The number of carbonyl (C=O) groups is 1. The first-order valence-electron chi connectivity index (χ1n) is 8.68. The van der Waals surface area contributed by atoms with Gasteiger partial charge in [-0.3, -0.25) is 4.79 Å². The van der Waals surface area contributed by atoms with Gasteiger partial charge >= 0.3 is 0 Å². The van der Waals surface area contributed by atoms with E-state index >= 15 is 0 Å². The standard InChI is InChI=1S/C19H29NO3/c1-14(15-8-6-9-17(12-15)23-2)11-19(22)20-18-10-5-3-4-7-16(18)13-21/h6,8-9,12,14,16,18,21H,3-5,7,10-11,13H2,1-2H3,(H,20,22). The van der Waals surface area contributed by atoms with E-state index in [1.165, 1.54) is 6.42 Å². The first-order chi connectivity index (χ1) is 11.1. The maximum Gasteiger partial charge on any atom is 0.220 e. The highest BCUT2D eigenvalue weighted by molar-refractivity contribution is 5.77. The first kappa shape index (κ1) is 17.8. The van der Waals surface area contributed by atoms with Gasteiger partial charge in [-0.05, 0) is 36.5 Å². The predicted molar refractivity (Wildman–Crippen MR) is 91.6 cm³/mol. The molecule has 1 aromatic rings. The van der Waals surface area contributed by atoms with Crippen molar-refractivity contribution in [1.82, 2.24) is 5.32 Å². The summed E-state index contributed by atoms with van der Waals surface area (Å²) in [5.74, 6) is 1.24. The van der Waals surface area contributed by atoms with Crippen LogP contribution in [0.5, 0.6) is 5.75 Å². The van der Waals surface area contributed by atoms with Crippen LogP contribution in [0.3, 0.4) is 0 Å². The van der Waals surface area contributed by atoms with Crippen LogP contribution in [0.1, 0.15) is 56.9 Å². The van der Waals surface area contributed by atoms with Gasteiger partial charge in [-0.15, -0.1) is 0 Å². The van der Waals surface area contributed by atoms with E-state index in [1.54, 1.807) is 7.11 Å². The molecule has 1 fully saturated rings. The van der Waals surface area contributed by atoms with E-state index in [0.29, 0.717) is 6.42 Å². The molecular weight excluding hydrogens is 290 g/mol. The topological polar surface area (TPSA) is 58.6 Å². The SMILES string of the molecule is COc1cccc(C(C)CC(=O)NC2CCCCCC2CO)c1. The fourth-order valence-corrected chi connectivity index (χ4v) is 3.40. The molecule has 0 aliphatic heterocycles. The summed E-state index contributed by atoms with van der Waals surface area (Å²) in [5.41, 5.74) is 1.11.